The third kappa shape index (κ3) is 6.76. The molecule has 24 heavy (non-hydrogen) atoms. The fourth-order valence-electron chi connectivity index (χ4n) is 2.51. The van der Waals surface area contributed by atoms with E-state index < -0.39 is 0 Å². The van der Waals surface area contributed by atoms with Gasteiger partial charge in [0.2, 0.25) is 0 Å². The second-order valence-corrected chi connectivity index (χ2v) is 6.21. The van der Waals surface area contributed by atoms with E-state index in [1.807, 2.05) is 18.2 Å². The highest BCUT2D eigenvalue weighted by Gasteiger charge is 2.09. The molecule has 1 aromatic carbocycles. The molecule has 0 aliphatic carbocycles. The Morgan fingerprint density at radius 1 is 1.25 bits per heavy atom. The molecule has 1 fully saturated rings. The van der Waals surface area contributed by atoms with Crippen LogP contribution in [-0.2, 0) is 4.74 Å². The lowest BCUT2D eigenvalue weighted by Crippen LogP contribution is -2.44. The number of urea groups is 1. The molecule has 1 aliphatic heterocycles. The number of nitrogens with zero attached hydrogens (tertiary/aromatic N) is 1. The van der Waals surface area contributed by atoms with E-state index in [4.69, 9.17) is 9.47 Å². The van der Waals surface area contributed by atoms with Crippen LogP contribution in [-0.4, -0.2) is 63.5 Å². The molecule has 2 rings (SSSR count). The molecule has 6 nitrogen and oxygen atoms in total. The molecule has 0 unspecified atom stereocenters. The molecule has 1 aromatic rings. The molecule has 0 spiro atoms. The van der Waals surface area contributed by atoms with Crippen molar-refractivity contribution < 1.29 is 14.3 Å². The minimum absolute atomic E-state index is 0.150. The van der Waals surface area contributed by atoms with Crippen LogP contribution in [0.3, 0.4) is 0 Å². The van der Waals surface area contributed by atoms with Crippen molar-refractivity contribution in [2.75, 3.05) is 52.5 Å². The van der Waals surface area contributed by atoms with Crippen LogP contribution in [0, 0.1) is 0 Å². The summed E-state index contributed by atoms with van der Waals surface area (Å²) in [4.78, 5) is 14.0. The molecule has 1 saturated heterocycles. The summed E-state index contributed by atoms with van der Waals surface area (Å²) in [5.41, 5.74) is 1.25. The van der Waals surface area contributed by atoms with Gasteiger partial charge in [0.25, 0.3) is 0 Å². The van der Waals surface area contributed by atoms with Crippen LogP contribution < -0.4 is 15.4 Å². The predicted octanol–water partition coefficient (Wildman–Crippen LogP) is 1.82. The average molecular weight is 335 g/mol. The van der Waals surface area contributed by atoms with Gasteiger partial charge in [0, 0.05) is 26.2 Å². The lowest BCUT2D eigenvalue weighted by Gasteiger charge is -2.26. The molecule has 0 saturated carbocycles. The lowest BCUT2D eigenvalue weighted by atomic mass is 10.0. The van der Waals surface area contributed by atoms with Crippen molar-refractivity contribution in [1.29, 1.82) is 0 Å². The summed E-state index contributed by atoms with van der Waals surface area (Å²) in [6.07, 6.45) is 0. The number of rotatable bonds is 8. The van der Waals surface area contributed by atoms with E-state index in [-0.39, 0.29) is 6.03 Å². The van der Waals surface area contributed by atoms with Crippen LogP contribution in [0.25, 0.3) is 0 Å². The van der Waals surface area contributed by atoms with Crippen molar-refractivity contribution in [2.24, 2.45) is 0 Å². The van der Waals surface area contributed by atoms with Gasteiger partial charge in [-0.3, -0.25) is 4.90 Å². The zero-order valence-corrected chi connectivity index (χ0v) is 14.7. The first-order chi connectivity index (χ1) is 11.6. The topological polar surface area (TPSA) is 62.8 Å². The summed E-state index contributed by atoms with van der Waals surface area (Å²) >= 11 is 0. The molecular formula is C18H29N3O3. The molecule has 0 atom stereocenters. The van der Waals surface area contributed by atoms with E-state index in [1.54, 1.807) is 0 Å². The monoisotopic (exact) mass is 335 g/mol. The lowest BCUT2D eigenvalue weighted by molar-refractivity contribution is 0.0387. The van der Waals surface area contributed by atoms with Crippen LogP contribution in [0.5, 0.6) is 5.75 Å². The predicted molar refractivity (Wildman–Crippen MR) is 94.7 cm³/mol. The maximum atomic E-state index is 11.7. The third-order valence-corrected chi connectivity index (χ3v) is 4.00. The Morgan fingerprint density at radius 3 is 2.75 bits per heavy atom. The first-order valence-corrected chi connectivity index (χ1v) is 8.69. The van der Waals surface area contributed by atoms with Crippen molar-refractivity contribution in [2.45, 2.75) is 19.8 Å². The standard InChI is InChI=1S/C18H29N3O3/c1-15(2)16-4-3-5-17(14-16)24-11-7-20-18(22)19-6-8-21-9-12-23-13-10-21/h3-5,14-15H,6-13H2,1-2H3,(H2,19,20,22). The molecule has 0 aromatic heterocycles. The highest BCUT2D eigenvalue weighted by atomic mass is 16.5. The maximum Gasteiger partial charge on any atom is 0.314 e. The maximum absolute atomic E-state index is 11.7. The van der Waals surface area contributed by atoms with Crippen molar-refractivity contribution in [1.82, 2.24) is 15.5 Å². The normalized spacial score (nSPS) is 15.3. The van der Waals surface area contributed by atoms with E-state index in [2.05, 4.69) is 35.4 Å². The minimum Gasteiger partial charge on any atom is -0.492 e. The number of amides is 2. The second-order valence-electron chi connectivity index (χ2n) is 6.21. The Morgan fingerprint density at radius 2 is 2.00 bits per heavy atom. The fraction of sp³-hybridized carbons (Fsp3) is 0.611. The Hall–Kier alpha value is -1.79. The van der Waals surface area contributed by atoms with Crippen molar-refractivity contribution in [3.8, 4) is 5.75 Å². The summed E-state index contributed by atoms with van der Waals surface area (Å²) in [7, 11) is 0. The van der Waals surface area contributed by atoms with E-state index >= 15 is 0 Å². The average Bonchev–Trinajstić information content (AvgIpc) is 2.60. The molecule has 0 bridgehead atoms. The Labute approximate surface area is 144 Å². The van der Waals surface area contributed by atoms with Crippen LogP contribution in [0.2, 0.25) is 0 Å². The summed E-state index contributed by atoms with van der Waals surface area (Å²) in [6, 6.07) is 7.93. The minimum atomic E-state index is -0.150. The summed E-state index contributed by atoms with van der Waals surface area (Å²) in [6.45, 7) is 10.2. The Balaban J connectivity index is 1.55. The number of hydrogen-bond donors (Lipinski definition) is 2. The first-order valence-electron chi connectivity index (χ1n) is 8.69. The largest absolute Gasteiger partial charge is 0.492 e. The number of carbonyl (C=O) groups is 1. The number of ether oxygens (including phenoxy) is 2. The second kappa shape index (κ2) is 10.2. The van der Waals surface area contributed by atoms with Crippen LogP contribution >= 0.6 is 0 Å². The summed E-state index contributed by atoms with van der Waals surface area (Å²) in [5.74, 6) is 1.32. The molecule has 0 radical (unpaired) electrons. The zero-order chi connectivity index (χ0) is 17.2. The van der Waals surface area contributed by atoms with Crippen LogP contribution in [0.1, 0.15) is 25.3 Å². The molecule has 1 heterocycles. The van der Waals surface area contributed by atoms with Gasteiger partial charge in [-0.15, -0.1) is 0 Å². The molecule has 2 N–H and O–H groups in total. The molecular weight excluding hydrogens is 306 g/mol. The molecule has 134 valence electrons. The van der Waals surface area contributed by atoms with Crippen molar-refractivity contribution in [3.63, 3.8) is 0 Å². The van der Waals surface area contributed by atoms with E-state index in [1.165, 1.54) is 5.56 Å². The number of morpholine rings is 1. The van der Waals surface area contributed by atoms with Gasteiger partial charge < -0.3 is 20.1 Å². The van der Waals surface area contributed by atoms with Gasteiger partial charge in [-0.2, -0.15) is 0 Å². The van der Waals surface area contributed by atoms with E-state index in [0.29, 0.717) is 25.6 Å². The Bertz CT molecular complexity index is 502. The number of benzene rings is 1. The summed E-state index contributed by atoms with van der Waals surface area (Å²) < 4.78 is 11.0. The van der Waals surface area contributed by atoms with Gasteiger partial charge in [-0.1, -0.05) is 26.0 Å². The quantitative estimate of drug-likeness (QED) is 0.712. The highest BCUT2D eigenvalue weighted by molar-refractivity contribution is 5.73. The number of hydrogen-bond acceptors (Lipinski definition) is 4. The summed E-state index contributed by atoms with van der Waals surface area (Å²) in [5, 5.41) is 5.67. The van der Waals surface area contributed by atoms with Gasteiger partial charge in [0.1, 0.15) is 12.4 Å². The van der Waals surface area contributed by atoms with Gasteiger partial charge in [-0.25, -0.2) is 4.79 Å². The SMILES string of the molecule is CC(C)c1cccc(OCCNC(=O)NCCN2CCOCC2)c1. The third-order valence-electron chi connectivity index (χ3n) is 4.00. The van der Waals surface area contributed by atoms with Gasteiger partial charge in [-0.05, 0) is 23.6 Å². The van der Waals surface area contributed by atoms with E-state index in [9.17, 15) is 4.79 Å². The highest BCUT2D eigenvalue weighted by Crippen LogP contribution is 2.19. The molecule has 2 amide bonds. The van der Waals surface area contributed by atoms with E-state index in [0.717, 1.165) is 38.6 Å². The smallest absolute Gasteiger partial charge is 0.314 e. The molecule has 1 aliphatic rings. The van der Waals surface area contributed by atoms with Crippen molar-refractivity contribution in [3.05, 3.63) is 29.8 Å². The van der Waals surface area contributed by atoms with Crippen LogP contribution in [0.4, 0.5) is 4.79 Å². The van der Waals surface area contributed by atoms with Gasteiger partial charge in [0.15, 0.2) is 0 Å². The fourth-order valence-corrected chi connectivity index (χ4v) is 2.51. The number of carbonyl (C=O) groups excluding carboxylic acids is 1. The number of nitrogens with one attached hydrogen (secondary N) is 2. The van der Waals surface area contributed by atoms with Crippen molar-refractivity contribution >= 4 is 6.03 Å². The van der Waals surface area contributed by atoms with Gasteiger partial charge >= 0.3 is 6.03 Å². The van der Waals surface area contributed by atoms with Gasteiger partial charge in [0.05, 0.1) is 19.8 Å². The zero-order valence-electron chi connectivity index (χ0n) is 14.7. The molecule has 6 heteroatoms. The Kier molecular flexibility index (Phi) is 7.85. The van der Waals surface area contributed by atoms with Crippen LogP contribution in [0.15, 0.2) is 24.3 Å². The first kappa shape index (κ1) is 18.5.